The van der Waals surface area contributed by atoms with E-state index in [2.05, 4.69) is 32.6 Å². The summed E-state index contributed by atoms with van der Waals surface area (Å²) in [6.07, 6.45) is 5.24. The number of likely N-dealkylation sites (tertiary alicyclic amines) is 1. The molecular formula is C14H29NO. The lowest BCUT2D eigenvalue weighted by molar-refractivity contribution is 0.00276. The Morgan fingerprint density at radius 2 is 1.88 bits per heavy atom. The lowest BCUT2D eigenvalue weighted by Gasteiger charge is -2.30. The fraction of sp³-hybridized carbons (Fsp3) is 1.00. The minimum absolute atomic E-state index is 0.390. The summed E-state index contributed by atoms with van der Waals surface area (Å²) in [5, 5.41) is 10.6. The summed E-state index contributed by atoms with van der Waals surface area (Å²) in [5.74, 6) is 0.649. The monoisotopic (exact) mass is 227 g/mol. The first-order valence-corrected chi connectivity index (χ1v) is 6.93. The van der Waals surface area contributed by atoms with E-state index in [0.29, 0.717) is 12.0 Å². The van der Waals surface area contributed by atoms with Gasteiger partial charge in [-0.1, -0.05) is 20.3 Å². The maximum Gasteiger partial charge on any atom is 0.0663 e. The van der Waals surface area contributed by atoms with Gasteiger partial charge in [-0.05, 0) is 52.0 Å². The van der Waals surface area contributed by atoms with Gasteiger partial charge in [0.1, 0.15) is 0 Å². The zero-order valence-electron chi connectivity index (χ0n) is 11.5. The summed E-state index contributed by atoms with van der Waals surface area (Å²) >= 11 is 0. The summed E-state index contributed by atoms with van der Waals surface area (Å²) in [6, 6.07) is 0.617. The van der Waals surface area contributed by atoms with Gasteiger partial charge in [0.15, 0.2) is 0 Å². The number of hydrogen-bond donors (Lipinski definition) is 1. The van der Waals surface area contributed by atoms with Crippen LogP contribution in [0, 0.1) is 5.92 Å². The van der Waals surface area contributed by atoms with Crippen LogP contribution in [0.4, 0.5) is 0 Å². The molecule has 0 aliphatic carbocycles. The SMILES string of the molecule is CCC(C)CC1(O)CCCN(C(C)C)CC1. The molecule has 2 atom stereocenters. The second kappa shape index (κ2) is 6.02. The van der Waals surface area contributed by atoms with E-state index < -0.39 is 0 Å². The van der Waals surface area contributed by atoms with Gasteiger partial charge in [-0.3, -0.25) is 0 Å². The molecule has 1 saturated heterocycles. The van der Waals surface area contributed by atoms with E-state index in [1.165, 1.54) is 6.42 Å². The van der Waals surface area contributed by atoms with Crippen LogP contribution < -0.4 is 0 Å². The third kappa shape index (κ3) is 4.06. The fourth-order valence-electron chi connectivity index (χ4n) is 2.71. The summed E-state index contributed by atoms with van der Waals surface area (Å²) in [6.45, 7) is 11.2. The minimum atomic E-state index is -0.390. The first-order valence-electron chi connectivity index (χ1n) is 6.93. The summed E-state index contributed by atoms with van der Waals surface area (Å²) in [4.78, 5) is 2.49. The predicted molar refractivity (Wildman–Crippen MR) is 69.6 cm³/mol. The Morgan fingerprint density at radius 1 is 1.19 bits per heavy atom. The Morgan fingerprint density at radius 3 is 2.44 bits per heavy atom. The Hall–Kier alpha value is -0.0800. The fourth-order valence-corrected chi connectivity index (χ4v) is 2.71. The zero-order chi connectivity index (χ0) is 12.2. The van der Waals surface area contributed by atoms with E-state index in [9.17, 15) is 5.11 Å². The van der Waals surface area contributed by atoms with Gasteiger partial charge in [0.05, 0.1) is 5.60 Å². The standard InChI is InChI=1S/C14H29NO/c1-5-13(4)11-14(16)7-6-9-15(10-8-14)12(2)3/h12-13,16H,5-11H2,1-4H3. The Balaban J connectivity index is 2.50. The van der Waals surface area contributed by atoms with Gasteiger partial charge in [0.25, 0.3) is 0 Å². The highest BCUT2D eigenvalue weighted by Crippen LogP contribution is 2.30. The number of aliphatic hydroxyl groups is 1. The van der Waals surface area contributed by atoms with Crippen molar-refractivity contribution in [2.45, 2.75) is 71.4 Å². The molecule has 0 spiro atoms. The van der Waals surface area contributed by atoms with Gasteiger partial charge in [-0.25, -0.2) is 0 Å². The van der Waals surface area contributed by atoms with E-state index in [1.807, 2.05) is 0 Å². The van der Waals surface area contributed by atoms with Crippen molar-refractivity contribution in [1.82, 2.24) is 4.90 Å². The van der Waals surface area contributed by atoms with Crippen LogP contribution in [0.25, 0.3) is 0 Å². The van der Waals surface area contributed by atoms with Gasteiger partial charge in [-0.2, -0.15) is 0 Å². The van der Waals surface area contributed by atoms with Crippen molar-refractivity contribution < 1.29 is 5.11 Å². The molecule has 0 radical (unpaired) electrons. The molecule has 2 unspecified atom stereocenters. The molecule has 1 aliphatic heterocycles. The van der Waals surface area contributed by atoms with Gasteiger partial charge < -0.3 is 10.0 Å². The first-order chi connectivity index (χ1) is 7.47. The first kappa shape index (κ1) is 14.0. The number of nitrogens with zero attached hydrogens (tertiary/aromatic N) is 1. The van der Waals surface area contributed by atoms with E-state index in [1.54, 1.807) is 0 Å². The highest BCUT2D eigenvalue weighted by atomic mass is 16.3. The average molecular weight is 227 g/mol. The molecule has 1 rings (SSSR count). The second-order valence-electron chi connectivity index (χ2n) is 5.93. The molecule has 1 fully saturated rings. The maximum atomic E-state index is 10.6. The smallest absolute Gasteiger partial charge is 0.0663 e. The molecular weight excluding hydrogens is 198 g/mol. The third-order valence-corrected chi connectivity index (χ3v) is 4.11. The molecule has 2 heteroatoms. The highest BCUT2D eigenvalue weighted by molar-refractivity contribution is 4.85. The Bertz CT molecular complexity index is 205. The van der Waals surface area contributed by atoms with Crippen LogP contribution in [-0.2, 0) is 0 Å². The molecule has 1 heterocycles. The minimum Gasteiger partial charge on any atom is -0.390 e. The van der Waals surface area contributed by atoms with Crippen molar-refractivity contribution in [1.29, 1.82) is 0 Å². The number of rotatable bonds is 4. The van der Waals surface area contributed by atoms with Gasteiger partial charge in [0.2, 0.25) is 0 Å². The van der Waals surface area contributed by atoms with Crippen molar-refractivity contribution in [3.63, 3.8) is 0 Å². The second-order valence-corrected chi connectivity index (χ2v) is 5.93. The lowest BCUT2D eigenvalue weighted by atomic mass is 9.84. The highest BCUT2D eigenvalue weighted by Gasteiger charge is 2.31. The molecule has 1 N–H and O–H groups in total. The van der Waals surface area contributed by atoms with Gasteiger partial charge in [0, 0.05) is 12.6 Å². The van der Waals surface area contributed by atoms with Crippen LogP contribution >= 0.6 is 0 Å². The molecule has 96 valence electrons. The zero-order valence-corrected chi connectivity index (χ0v) is 11.5. The van der Waals surface area contributed by atoms with Crippen LogP contribution in [0.15, 0.2) is 0 Å². The largest absolute Gasteiger partial charge is 0.390 e. The van der Waals surface area contributed by atoms with E-state index in [-0.39, 0.29) is 5.60 Å². The van der Waals surface area contributed by atoms with Crippen molar-refractivity contribution in [3.8, 4) is 0 Å². The maximum absolute atomic E-state index is 10.6. The molecule has 1 aliphatic rings. The van der Waals surface area contributed by atoms with E-state index >= 15 is 0 Å². The van der Waals surface area contributed by atoms with Gasteiger partial charge >= 0.3 is 0 Å². The van der Waals surface area contributed by atoms with Crippen molar-refractivity contribution in [2.75, 3.05) is 13.1 Å². The third-order valence-electron chi connectivity index (χ3n) is 4.11. The van der Waals surface area contributed by atoms with Crippen LogP contribution in [0.5, 0.6) is 0 Å². The normalized spacial score (nSPS) is 30.4. The van der Waals surface area contributed by atoms with Crippen LogP contribution in [0.3, 0.4) is 0 Å². The van der Waals surface area contributed by atoms with Crippen LogP contribution in [0.1, 0.15) is 59.8 Å². The van der Waals surface area contributed by atoms with E-state index in [4.69, 9.17) is 0 Å². The number of hydrogen-bond acceptors (Lipinski definition) is 2. The molecule has 2 nitrogen and oxygen atoms in total. The summed E-state index contributed by atoms with van der Waals surface area (Å²) < 4.78 is 0. The van der Waals surface area contributed by atoms with Crippen molar-refractivity contribution in [2.24, 2.45) is 5.92 Å². The van der Waals surface area contributed by atoms with Crippen LogP contribution in [0.2, 0.25) is 0 Å². The molecule has 16 heavy (non-hydrogen) atoms. The quantitative estimate of drug-likeness (QED) is 0.798. The molecule has 0 bridgehead atoms. The Kier molecular flexibility index (Phi) is 5.26. The van der Waals surface area contributed by atoms with Crippen molar-refractivity contribution >= 4 is 0 Å². The van der Waals surface area contributed by atoms with E-state index in [0.717, 1.165) is 38.8 Å². The molecule has 0 saturated carbocycles. The summed E-state index contributed by atoms with van der Waals surface area (Å²) in [5.41, 5.74) is -0.390. The predicted octanol–water partition coefficient (Wildman–Crippen LogP) is 3.05. The van der Waals surface area contributed by atoms with Gasteiger partial charge in [-0.15, -0.1) is 0 Å². The average Bonchev–Trinajstić information content (AvgIpc) is 2.40. The summed E-state index contributed by atoms with van der Waals surface area (Å²) in [7, 11) is 0. The van der Waals surface area contributed by atoms with Crippen LogP contribution in [-0.4, -0.2) is 34.7 Å². The lowest BCUT2D eigenvalue weighted by Crippen LogP contribution is -2.35. The molecule has 0 aromatic rings. The molecule has 0 amide bonds. The topological polar surface area (TPSA) is 23.5 Å². The molecule has 0 aromatic heterocycles. The molecule has 0 aromatic carbocycles. The van der Waals surface area contributed by atoms with Crippen molar-refractivity contribution in [3.05, 3.63) is 0 Å². The Labute approximate surface area is 101 Å².